The van der Waals surface area contributed by atoms with Gasteiger partial charge in [-0.25, -0.2) is 0 Å². The predicted molar refractivity (Wildman–Crippen MR) is 44.3 cm³/mol. The fourth-order valence-electron chi connectivity index (χ4n) is 0.460. The van der Waals surface area contributed by atoms with E-state index >= 15 is 0 Å². The zero-order valence-corrected chi connectivity index (χ0v) is 7.96. The summed E-state index contributed by atoms with van der Waals surface area (Å²) < 4.78 is 5.40. The molecule has 0 N–H and O–H groups in total. The minimum absolute atomic E-state index is 0.407. The van der Waals surface area contributed by atoms with E-state index in [0.29, 0.717) is 11.6 Å². The van der Waals surface area contributed by atoms with Gasteiger partial charge in [0.1, 0.15) is 0 Å². The smallest absolute Gasteiger partial charge is 0.241 e. The van der Waals surface area contributed by atoms with E-state index in [1.807, 2.05) is 0 Å². The fraction of sp³-hybridized carbons (Fsp3) is 0.667. The van der Waals surface area contributed by atoms with Crippen molar-refractivity contribution in [2.24, 2.45) is 0 Å². The van der Waals surface area contributed by atoms with Crippen LogP contribution in [0, 0.1) is 0 Å². The van der Waals surface area contributed by atoms with Crippen molar-refractivity contribution >= 4 is 19.9 Å². The maximum Gasteiger partial charge on any atom is 0.241 e. The molecule has 1 nitrogen and oxygen atoms in total. The van der Waals surface area contributed by atoms with Gasteiger partial charge in [-0.15, -0.1) is 11.6 Å². The molecule has 0 unspecified atom stereocenters. The van der Waals surface area contributed by atoms with Crippen LogP contribution in [0.5, 0.6) is 0 Å². The molecular formula is C6H13ClOSi. The molecule has 0 aromatic carbocycles. The lowest BCUT2D eigenvalue weighted by molar-refractivity contribution is 0.429. The van der Waals surface area contributed by atoms with Crippen molar-refractivity contribution in [2.45, 2.75) is 19.6 Å². The maximum atomic E-state index is 5.46. The fourth-order valence-corrected chi connectivity index (χ4v) is 1.54. The first-order chi connectivity index (χ1) is 3.95. The summed E-state index contributed by atoms with van der Waals surface area (Å²) in [5, 5.41) is 0. The Labute approximate surface area is 62.8 Å². The van der Waals surface area contributed by atoms with E-state index in [4.69, 9.17) is 16.0 Å². The van der Waals surface area contributed by atoms with E-state index in [0.717, 1.165) is 0 Å². The van der Waals surface area contributed by atoms with E-state index in [1.165, 1.54) is 0 Å². The number of hydrogen-bond donors (Lipinski definition) is 0. The van der Waals surface area contributed by atoms with Crippen molar-refractivity contribution in [1.29, 1.82) is 0 Å². The summed E-state index contributed by atoms with van der Waals surface area (Å²) in [4.78, 5) is 0. The molecule has 0 saturated carbocycles. The summed E-state index contributed by atoms with van der Waals surface area (Å²) in [6.07, 6.45) is 0. The zero-order valence-electron chi connectivity index (χ0n) is 6.20. The molecule has 0 saturated heterocycles. The van der Waals surface area contributed by atoms with Gasteiger partial charge < -0.3 is 4.43 Å². The van der Waals surface area contributed by atoms with Gasteiger partial charge in [0.15, 0.2) is 0 Å². The first kappa shape index (κ1) is 9.05. The second-order valence-corrected chi connectivity index (χ2v) is 7.58. The van der Waals surface area contributed by atoms with Crippen LogP contribution >= 0.6 is 11.6 Å². The molecule has 0 aliphatic heterocycles. The van der Waals surface area contributed by atoms with Gasteiger partial charge in [-0.1, -0.05) is 6.58 Å². The molecule has 0 spiro atoms. The number of allylic oxidation sites excluding steroid dienone is 1. The summed E-state index contributed by atoms with van der Waals surface area (Å²) in [5.41, 5.74) is 0. The molecule has 0 aliphatic rings. The van der Waals surface area contributed by atoms with Crippen molar-refractivity contribution in [1.82, 2.24) is 0 Å². The Kier molecular flexibility index (Phi) is 3.29. The highest BCUT2D eigenvalue weighted by atomic mass is 35.5. The zero-order chi connectivity index (χ0) is 7.49. The van der Waals surface area contributed by atoms with Crippen LogP contribution in [-0.4, -0.2) is 14.2 Å². The average molecular weight is 165 g/mol. The van der Waals surface area contributed by atoms with Gasteiger partial charge in [0.05, 0.1) is 11.6 Å². The summed E-state index contributed by atoms with van der Waals surface area (Å²) in [7, 11) is -1.43. The van der Waals surface area contributed by atoms with Crippen molar-refractivity contribution in [3.05, 3.63) is 12.3 Å². The Bertz CT molecular complexity index is 106. The molecule has 0 heterocycles. The number of hydrogen-bond acceptors (Lipinski definition) is 1. The molecule has 0 aliphatic carbocycles. The number of alkyl halides is 1. The van der Waals surface area contributed by atoms with Gasteiger partial charge in [-0.3, -0.25) is 0 Å². The minimum Gasteiger partial charge on any atom is -0.547 e. The molecule has 9 heavy (non-hydrogen) atoms. The quantitative estimate of drug-likeness (QED) is 0.354. The summed E-state index contributed by atoms with van der Waals surface area (Å²) >= 11 is 5.46. The highest BCUT2D eigenvalue weighted by Crippen LogP contribution is 2.08. The van der Waals surface area contributed by atoms with Crippen molar-refractivity contribution in [3.8, 4) is 0 Å². The standard InChI is InChI=1S/C6H13ClOSi/c1-6(5-7)8-9(2,3)4/h1,5H2,2-4H3. The SMILES string of the molecule is C=C(CCl)O[Si](C)(C)C. The van der Waals surface area contributed by atoms with Gasteiger partial charge in [0.2, 0.25) is 8.32 Å². The monoisotopic (exact) mass is 164 g/mol. The van der Waals surface area contributed by atoms with E-state index in [-0.39, 0.29) is 0 Å². The molecule has 0 fully saturated rings. The topological polar surface area (TPSA) is 9.23 Å². The van der Waals surface area contributed by atoms with Crippen LogP contribution in [0.2, 0.25) is 19.6 Å². The Balaban J connectivity index is 3.60. The van der Waals surface area contributed by atoms with E-state index in [1.54, 1.807) is 0 Å². The molecule has 0 rings (SSSR count). The molecule has 0 bridgehead atoms. The Morgan fingerprint density at radius 1 is 1.56 bits per heavy atom. The van der Waals surface area contributed by atoms with Crippen LogP contribution < -0.4 is 0 Å². The molecule has 0 atom stereocenters. The van der Waals surface area contributed by atoms with Crippen LogP contribution in [0.4, 0.5) is 0 Å². The second kappa shape index (κ2) is 3.27. The van der Waals surface area contributed by atoms with E-state index in [9.17, 15) is 0 Å². The molecule has 0 aromatic heterocycles. The minimum atomic E-state index is -1.43. The van der Waals surface area contributed by atoms with Crippen molar-refractivity contribution in [2.75, 3.05) is 5.88 Å². The molecular weight excluding hydrogens is 152 g/mol. The van der Waals surface area contributed by atoms with Gasteiger partial charge in [-0.05, 0) is 19.6 Å². The van der Waals surface area contributed by atoms with Crippen LogP contribution in [0.1, 0.15) is 0 Å². The largest absolute Gasteiger partial charge is 0.547 e. The van der Waals surface area contributed by atoms with Gasteiger partial charge >= 0.3 is 0 Å². The van der Waals surface area contributed by atoms with Gasteiger partial charge in [-0.2, -0.15) is 0 Å². The van der Waals surface area contributed by atoms with E-state index < -0.39 is 8.32 Å². The van der Waals surface area contributed by atoms with Gasteiger partial charge in [0, 0.05) is 0 Å². The Morgan fingerprint density at radius 3 is 2.11 bits per heavy atom. The van der Waals surface area contributed by atoms with Crippen LogP contribution in [0.3, 0.4) is 0 Å². The maximum absolute atomic E-state index is 5.46. The average Bonchev–Trinajstić information content (AvgIpc) is 1.62. The van der Waals surface area contributed by atoms with Crippen molar-refractivity contribution in [3.63, 3.8) is 0 Å². The third-order valence-corrected chi connectivity index (χ3v) is 1.80. The van der Waals surface area contributed by atoms with E-state index in [2.05, 4.69) is 26.2 Å². The lowest BCUT2D eigenvalue weighted by Crippen LogP contribution is -2.24. The third-order valence-electron chi connectivity index (χ3n) is 0.600. The normalized spacial score (nSPS) is 11.1. The highest BCUT2D eigenvalue weighted by molar-refractivity contribution is 6.70. The van der Waals surface area contributed by atoms with Crippen molar-refractivity contribution < 1.29 is 4.43 Å². The molecule has 0 amide bonds. The highest BCUT2D eigenvalue weighted by Gasteiger charge is 2.15. The molecule has 0 radical (unpaired) electrons. The number of rotatable bonds is 3. The summed E-state index contributed by atoms with van der Waals surface area (Å²) in [6.45, 7) is 9.94. The lowest BCUT2D eigenvalue weighted by Gasteiger charge is -2.19. The van der Waals surface area contributed by atoms with Crippen LogP contribution in [0.15, 0.2) is 12.3 Å². The molecule has 3 heteroatoms. The Morgan fingerprint density at radius 2 is 2.00 bits per heavy atom. The first-order valence-corrected chi connectivity index (χ1v) is 6.83. The van der Waals surface area contributed by atoms with Crippen LogP contribution in [0.25, 0.3) is 0 Å². The molecule has 0 aromatic rings. The summed E-state index contributed by atoms with van der Waals surface area (Å²) in [5.74, 6) is 1.10. The van der Waals surface area contributed by atoms with Crippen LogP contribution in [-0.2, 0) is 4.43 Å². The molecule has 54 valence electrons. The predicted octanol–water partition coefficient (Wildman–Crippen LogP) is 2.59. The summed E-state index contributed by atoms with van der Waals surface area (Å²) in [6, 6.07) is 0. The number of halogens is 1. The van der Waals surface area contributed by atoms with Gasteiger partial charge in [0.25, 0.3) is 0 Å². The lowest BCUT2D eigenvalue weighted by atomic mass is 10.7. The Hall–Kier alpha value is 0.0469. The first-order valence-electron chi connectivity index (χ1n) is 2.88. The third kappa shape index (κ3) is 5.93. The second-order valence-electron chi connectivity index (χ2n) is 2.89.